The second-order valence-corrected chi connectivity index (χ2v) is 4.15. The number of amides is 1. The number of rotatable bonds is 2. The molecule has 1 unspecified atom stereocenters. The molecular formula is C10H11F3N4O2. The summed E-state index contributed by atoms with van der Waals surface area (Å²) in [5.74, 6) is -0.986. The van der Waals surface area contributed by atoms with Crippen molar-refractivity contribution in [1.29, 1.82) is 0 Å². The number of hydrogen-bond acceptors (Lipinski definition) is 4. The van der Waals surface area contributed by atoms with E-state index in [1.165, 1.54) is 10.9 Å². The molecule has 2 rings (SSSR count). The quantitative estimate of drug-likeness (QED) is 0.862. The standard InChI is InChI=1S/C10H11F3N4O2/c1-7-2-4-14-16(7)6-8(18)17-9(19,3-5-15-17)10(11,12)13/h2,4-5,19H,3,6H2,1H3. The van der Waals surface area contributed by atoms with Crippen molar-refractivity contribution >= 4 is 12.1 Å². The summed E-state index contributed by atoms with van der Waals surface area (Å²) in [5.41, 5.74) is -2.66. The van der Waals surface area contributed by atoms with E-state index >= 15 is 0 Å². The molecular weight excluding hydrogens is 265 g/mol. The van der Waals surface area contributed by atoms with Crippen molar-refractivity contribution < 1.29 is 23.1 Å². The first kappa shape index (κ1) is 13.5. The molecule has 104 valence electrons. The summed E-state index contributed by atoms with van der Waals surface area (Å²) in [4.78, 5) is 11.8. The number of aryl methyl sites for hydroxylation is 1. The van der Waals surface area contributed by atoms with Gasteiger partial charge in [0.25, 0.3) is 11.6 Å². The van der Waals surface area contributed by atoms with E-state index in [1.807, 2.05) is 0 Å². The normalized spacial score (nSPS) is 23.1. The second kappa shape index (κ2) is 4.34. The minimum absolute atomic E-state index is 0.0636. The van der Waals surface area contributed by atoms with Crippen LogP contribution >= 0.6 is 0 Å². The number of alkyl halides is 3. The van der Waals surface area contributed by atoms with Gasteiger partial charge in [0.15, 0.2) is 0 Å². The van der Waals surface area contributed by atoms with Crippen LogP contribution in [0.4, 0.5) is 13.2 Å². The van der Waals surface area contributed by atoms with E-state index in [4.69, 9.17) is 0 Å². The Hall–Kier alpha value is -1.90. The molecule has 0 saturated carbocycles. The Morgan fingerprint density at radius 2 is 2.26 bits per heavy atom. The fourth-order valence-corrected chi connectivity index (χ4v) is 1.70. The molecule has 1 atom stereocenters. The maximum absolute atomic E-state index is 12.8. The lowest BCUT2D eigenvalue weighted by Crippen LogP contribution is -2.57. The molecule has 1 aromatic rings. The first-order chi connectivity index (χ1) is 8.75. The summed E-state index contributed by atoms with van der Waals surface area (Å²) in [6, 6.07) is 1.61. The summed E-state index contributed by atoms with van der Waals surface area (Å²) < 4.78 is 39.5. The van der Waals surface area contributed by atoms with E-state index < -0.39 is 30.8 Å². The van der Waals surface area contributed by atoms with Crippen LogP contribution in [-0.2, 0) is 11.3 Å². The zero-order chi connectivity index (χ0) is 14.3. The highest BCUT2D eigenvalue weighted by Gasteiger charge is 2.61. The molecule has 0 bridgehead atoms. The molecule has 6 nitrogen and oxygen atoms in total. The summed E-state index contributed by atoms with van der Waals surface area (Å²) in [7, 11) is 0. The Bertz CT molecular complexity index is 525. The van der Waals surface area contributed by atoms with Gasteiger partial charge >= 0.3 is 6.18 Å². The van der Waals surface area contributed by atoms with Crippen LogP contribution in [0.3, 0.4) is 0 Å². The van der Waals surface area contributed by atoms with Crippen molar-refractivity contribution in [2.45, 2.75) is 31.8 Å². The Kier molecular flexibility index (Phi) is 3.09. The van der Waals surface area contributed by atoms with Crippen LogP contribution in [-0.4, -0.2) is 43.9 Å². The van der Waals surface area contributed by atoms with Crippen LogP contribution in [0, 0.1) is 6.92 Å². The number of hydrogen-bond donors (Lipinski definition) is 1. The Labute approximate surface area is 106 Å². The fourth-order valence-electron chi connectivity index (χ4n) is 1.70. The predicted molar refractivity (Wildman–Crippen MR) is 57.9 cm³/mol. The number of carbonyl (C=O) groups excluding carboxylic acids is 1. The van der Waals surface area contributed by atoms with Gasteiger partial charge in [0.2, 0.25) is 0 Å². The van der Waals surface area contributed by atoms with E-state index in [0.717, 1.165) is 6.21 Å². The summed E-state index contributed by atoms with van der Waals surface area (Å²) >= 11 is 0. The summed E-state index contributed by atoms with van der Waals surface area (Å²) in [5, 5.41) is 16.7. The van der Waals surface area contributed by atoms with Gasteiger partial charge in [-0.2, -0.15) is 28.4 Å². The Morgan fingerprint density at radius 3 is 2.79 bits per heavy atom. The summed E-state index contributed by atoms with van der Waals surface area (Å²) in [6.07, 6.45) is -3.47. The van der Waals surface area contributed by atoms with Gasteiger partial charge in [-0.25, -0.2) is 0 Å². The zero-order valence-electron chi connectivity index (χ0n) is 9.92. The molecule has 1 N–H and O–H groups in total. The molecule has 0 radical (unpaired) electrons. The first-order valence-corrected chi connectivity index (χ1v) is 5.39. The van der Waals surface area contributed by atoms with Crippen molar-refractivity contribution in [1.82, 2.24) is 14.8 Å². The molecule has 0 spiro atoms. The third-order valence-corrected chi connectivity index (χ3v) is 2.83. The molecule has 0 aromatic carbocycles. The monoisotopic (exact) mass is 276 g/mol. The van der Waals surface area contributed by atoms with Gasteiger partial charge in [-0.3, -0.25) is 9.48 Å². The van der Waals surface area contributed by atoms with Gasteiger partial charge in [-0.1, -0.05) is 0 Å². The SMILES string of the molecule is Cc1ccnn1CC(=O)N1N=CCC1(O)C(F)(F)F. The van der Waals surface area contributed by atoms with Gasteiger partial charge in [0, 0.05) is 24.5 Å². The van der Waals surface area contributed by atoms with Gasteiger partial charge < -0.3 is 5.11 Å². The van der Waals surface area contributed by atoms with Crippen molar-refractivity contribution in [2.24, 2.45) is 5.10 Å². The Balaban J connectivity index is 2.19. The zero-order valence-corrected chi connectivity index (χ0v) is 9.92. The van der Waals surface area contributed by atoms with Crippen molar-refractivity contribution in [3.05, 3.63) is 18.0 Å². The highest BCUT2D eigenvalue weighted by atomic mass is 19.4. The molecule has 0 saturated heterocycles. The number of aromatic nitrogens is 2. The molecule has 19 heavy (non-hydrogen) atoms. The number of carbonyl (C=O) groups is 1. The minimum atomic E-state index is -4.97. The van der Waals surface area contributed by atoms with E-state index in [0.29, 0.717) is 5.69 Å². The molecule has 0 aliphatic carbocycles. The Morgan fingerprint density at radius 1 is 1.58 bits per heavy atom. The van der Waals surface area contributed by atoms with Crippen LogP contribution in [0.5, 0.6) is 0 Å². The van der Waals surface area contributed by atoms with Crippen LogP contribution in [0.1, 0.15) is 12.1 Å². The van der Waals surface area contributed by atoms with Gasteiger partial charge in [0.05, 0.1) is 0 Å². The van der Waals surface area contributed by atoms with Crippen molar-refractivity contribution in [3.8, 4) is 0 Å². The number of hydrazone groups is 1. The van der Waals surface area contributed by atoms with E-state index in [2.05, 4.69) is 10.2 Å². The molecule has 1 aromatic heterocycles. The van der Waals surface area contributed by atoms with Crippen LogP contribution in [0.25, 0.3) is 0 Å². The third-order valence-electron chi connectivity index (χ3n) is 2.83. The largest absolute Gasteiger partial charge is 0.438 e. The minimum Gasteiger partial charge on any atom is -0.362 e. The molecule has 1 aliphatic heterocycles. The average molecular weight is 276 g/mol. The van der Waals surface area contributed by atoms with E-state index in [-0.39, 0.29) is 5.01 Å². The molecule has 0 fully saturated rings. The lowest BCUT2D eigenvalue weighted by atomic mass is 10.1. The predicted octanol–water partition coefficient (Wildman–Crippen LogP) is 0.661. The molecule has 2 heterocycles. The summed E-state index contributed by atoms with van der Waals surface area (Å²) in [6.45, 7) is 1.23. The van der Waals surface area contributed by atoms with Gasteiger partial charge in [-0.15, -0.1) is 0 Å². The van der Waals surface area contributed by atoms with Gasteiger partial charge in [0.1, 0.15) is 6.54 Å². The first-order valence-electron chi connectivity index (χ1n) is 5.39. The van der Waals surface area contributed by atoms with Crippen molar-refractivity contribution in [2.75, 3.05) is 0 Å². The van der Waals surface area contributed by atoms with Crippen LogP contribution < -0.4 is 0 Å². The topological polar surface area (TPSA) is 70.7 Å². The fraction of sp³-hybridized carbons (Fsp3) is 0.500. The highest BCUT2D eigenvalue weighted by Crippen LogP contribution is 2.38. The second-order valence-electron chi connectivity index (χ2n) is 4.15. The number of halogens is 3. The molecule has 1 aliphatic rings. The lowest BCUT2D eigenvalue weighted by molar-refractivity contribution is -0.302. The van der Waals surface area contributed by atoms with Gasteiger partial charge in [-0.05, 0) is 13.0 Å². The van der Waals surface area contributed by atoms with E-state index in [1.54, 1.807) is 13.0 Å². The molecule has 9 heteroatoms. The maximum Gasteiger partial charge on any atom is 0.438 e. The maximum atomic E-state index is 12.8. The third kappa shape index (κ3) is 2.21. The van der Waals surface area contributed by atoms with Crippen molar-refractivity contribution in [3.63, 3.8) is 0 Å². The lowest BCUT2D eigenvalue weighted by Gasteiger charge is -2.32. The number of nitrogens with zero attached hydrogens (tertiary/aromatic N) is 4. The number of aliphatic hydroxyl groups is 1. The van der Waals surface area contributed by atoms with Crippen LogP contribution in [0.15, 0.2) is 17.4 Å². The molecule has 1 amide bonds. The van der Waals surface area contributed by atoms with Crippen LogP contribution in [0.2, 0.25) is 0 Å². The smallest absolute Gasteiger partial charge is 0.362 e. The van der Waals surface area contributed by atoms with E-state index in [9.17, 15) is 23.1 Å². The highest BCUT2D eigenvalue weighted by molar-refractivity contribution is 5.80. The average Bonchev–Trinajstić information content (AvgIpc) is 2.86.